The first-order chi connectivity index (χ1) is 8.15. The van der Waals surface area contributed by atoms with E-state index in [-0.39, 0.29) is 5.56 Å². The van der Waals surface area contributed by atoms with Crippen molar-refractivity contribution in [1.29, 1.82) is 0 Å². The van der Waals surface area contributed by atoms with Gasteiger partial charge in [0.05, 0.1) is 6.61 Å². The Kier molecular flexibility index (Phi) is 5.77. The molecule has 1 aromatic heterocycles. The van der Waals surface area contributed by atoms with Gasteiger partial charge < -0.3 is 15.0 Å². The second-order valence-corrected chi connectivity index (χ2v) is 4.57. The van der Waals surface area contributed by atoms with Gasteiger partial charge in [0.25, 0.3) is 5.56 Å². The smallest absolute Gasteiger partial charge is 0.292 e. The second kappa shape index (κ2) is 7.12. The summed E-state index contributed by atoms with van der Waals surface area (Å²) in [5.74, 6) is 0.856. The number of rotatable bonds is 7. The molecule has 0 spiro atoms. The minimum absolute atomic E-state index is 0.0508. The van der Waals surface area contributed by atoms with Crippen LogP contribution >= 0.6 is 0 Å². The molecule has 0 fully saturated rings. The van der Waals surface area contributed by atoms with E-state index in [1.54, 1.807) is 16.8 Å². The van der Waals surface area contributed by atoms with Gasteiger partial charge in [-0.05, 0) is 37.4 Å². The Morgan fingerprint density at radius 3 is 2.82 bits per heavy atom. The van der Waals surface area contributed by atoms with Crippen LogP contribution < -0.4 is 16.0 Å². The maximum absolute atomic E-state index is 12.0. The summed E-state index contributed by atoms with van der Waals surface area (Å²) in [5, 5.41) is 0. The molecule has 0 saturated carbocycles. The predicted molar refractivity (Wildman–Crippen MR) is 69.3 cm³/mol. The highest BCUT2D eigenvalue weighted by molar-refractivity contribution is 5.17. The van der Waals surface area contributed by atoms with E-state index >= 15 is 0 Å². The van der Waals surface area contributed by atoms with Crippen molar-refractivity contribution in [2.75, 3.05) is 13.2 Å². The summed E-state index contributed by atoms with van der Waals surface area (Å²) in [4.78, 5) is 12.0. The molecule has 0 aliphatic rings. The molecule has 0 bridgehead atoms. The van der Waals surface area contributed by atoms with Gasteiger partial charge in [-0.15, -0.1) is 0 Å². The maximum Gasteiger partial charge on any atom is 0.292 e. The lowest BCUT2D eigenvalue weighted by molar-refractivity contribution is 0.265. The first-order valence-corrected chi connectivity index (χ1v) is 6.17. The summed E-state index contributed by atoms with van der Waals surface area (Å²) >= 11 is 0. The van der Waals surface area contributed by atoms with Crippen molar-refractivity contribution < 1.29 is 4.74 Å². The van der Waals surface area contributed by atoms with E-state index in [9.17, 15) is 4.79 Å². The molecule has 1 heterocycles. The van der Waals surface area contributed by atoms with Crippen LogP contribution in [0.5, 0.6) is 5.75 Å². The Bertz CT molecular complexity index is 385. The number of aryl methyl sites for hydroxylation is 1. The summed E-state index contributed by atoms with van der Waals surface area (Å²) in [5.41, 5.74) is 5.38. The van der Waals surface area contributed by atoms with Gasteiger partial charge >= 0.3 is 0 Å². The molecule has 2 N–H and O–H groups in total. The van der Waals surface area contributed by atoms with Gasteiger partial charge in [-0.2, -0.15) is 0 Å². The topological polar surface area (TPSA) is 57.2 Å². The molecular weight excluding hydrogens is 216 g/mol. The standard InChI is InChI=1S/C13H22N2O2/c1-11(2)10-17-12-6-5-9-15(13(12)16)8-4-3-7-14/h5-6,9,11H,3-4,7-8,10,14H2,1-2H3. The van der Waals surface area contributed by atoms with Crippen molar-refractivity contribution in [1.82, 2.24) is 4.57 Å². The molecule has 0 saturated heterocycles. The van der Waals surface area contributed by atoms with E-state index in [0.717, 1.165) is 12.8 Å². The number of nitrogens with two attached hydrogens (primary N) is 1. The molecule has 0 amide bonds. The van der Waals surface area contributed by atoms with Crippen LogP contribution in [0.2, 0.25) is 0 Å². The molecule has 1 aromatic rings. The van der Waals surface area contributed by atoms with Crippen molar-refractivity contribution in [3.05, 3.63) is 28.7 Å². The van der Waals surface area contributed by atoms with Crippen molar-refractivity contribution in [3.63, 3.8) is 0 Å². The molecule has 17 heavy (non-hydrogen) atoms. The number of ether oxygens (including phenoxy) is 1. The average Bonchev–Trinajstić information content (AvgIpc) is 2.30. The lowest BCUT2D eigenvalue weighted by Gasteiger charge is -2.10. The third-order valence-corrected chi connectivity index (χ3v) is 2.41. The number of nitrogens with zero attached hydrogens (tertiary/aromatic N) is 1. The van der Waals surface area contributed by atoms with Crippen LogP contribution in [-0.4, -0.2) is 17.7 Å². The molecule has 0 aliphatic carbocycles. The predicted octanol–water partition coefficient (Wildman–Crippen LogP) is 1.62. The quantitative estimate of drug-likeness (QED) is 0.734. The van der Waals surface area contributed by atoms with Crippen LogP contribution in [0.15, 0.2) is 23.1 Å². The fourth-order valence-electron chi connectivity index (χ4n) is 1.48. The van der Waals surface area contributed by atoms with Crippen LogP contribution in [0.4, 0.5) is 0 Å². The summed E-state index contributed by atoms with van der Waals surface area (Å²) in [6, 6.07) is 3.57. The molecule has 96 valence electrons. The molecule has 0 unspecified atom stereocenters. The minimum atomic E-state index is -0.0508. The van der Waals surface area contributed by atoms with Crippen molar-refractivity contribution in [2.45, 2.75) is 33.2 Å². The highest BCUT2D eigenvalue weighted by atomic mass is 16.5. The molecule has 4 nitrogen and oxygen atoms in total. The Balaban J connectivity index is 2.66. The highest BCUT2D eigenvalue weighted by Gasteiger charge is 2.04. The molecule has 1 rings (SSSR count). The molecule has 0 radical (unpaired) electrons. The van der Waals surface area contributed by atoms with E-state index in [2.05, 4.69) is 13.8 Å². The van der Waals surface area contributed by atoms with E-state index in [4.69, 9.17) is 10.5 Å². The number of hydrogen-bond acceptors (Lipinski definition) is 3. The molecule has 0 atom stereocenters. The van der Waals surface area contributed by atoms with Crippen molar-refractivity contribution in [2.24, 2.45) is 11.7 Å². The first-order valence-electron chi connectivity index (χ1n) is 6.17. The minimum Gasteiger partial charge on any atom is -0.488 e. The average molecular weight is 238 g/mol. The van der Waals surface area contributed by atoms with Gasteiger partial charge in [0.1, 0.15) is 0 Å². The third kappa shape index (κ3) is 4.61. The lowest BCUT2D eigenvalue weighted by Crippen LogP contribution is -2.22. The molecular formula is C13H22N2O2. The van der Waals surface area contributed by atoms with Crippen molar-refractivity contribution in [3.8, 4) is 5.75 Å². The summed E-state index contributed by atoms with van der Waals surface area (Å²) in [6.07, 6.45) is 3.65. The van der Waals surface area contributed by atoms with Crippen LogP contribution in [-0.2, 0) is 6.54 Å². The van der Waals surface area contributed by atoms with Gasteiger partial charge in [0, 0.05) is 12.7 Å². The van der Waals surface area contributed by atoms with Gasteiger partial charge in [-0.1, -0.05) is 13.8 Å². The SMILES string of the molecule is CC(C)COc1cccn(CCCCN)c1=O. The van der Waals surface area contributed by atoms with Gasteiger partial charge in [0.15, 0.2) is 5.75 Å². The monoisotopic (exact) mass is 238 g/mol. The summed E-state index contributed by atoms with van der Waals surface area (Å²) in [7, 11) is 0. The van der Waals surface area contributed by atoms with Crippen molar-refractivity contribution >= 4 is 0 Å². The molecule has 0 aromatic carbocycles. The zero-order valence-corrected chi connectivity index (χ0v) is 10.7. The highest BCUT2D eigenvalue weighted by Crippen LogP contribution is 2.05. The number of hydrogen-bond donors (Lipinski definition) is 1. The van der Waals surface area contributed by atoms with E-state index in [1.165, 1.54) is 0 Å². The van der Waals surface area contributed by atoms with Gasteiger partial charge in [0.2, 0.25) is 0 Å². The Hall–Kier alpha value is -1.29. The van der Waals surface area contributed by atoms with Gasteiger partial charge in [-0.25, -0.2) is 0 Å². The third-order valence-electron chi connectivity index (χ3n) is 2.41. The normalized spacial score (nSPS) is 10.8. The lowest BCUT2D eigenvalue weighted by atomic mass is 10.2. The Morgan fingerprint density at radius 2 is 2.18 bits per heavy atom. The fraction of sp³-hybridized carbons (Fsp3) is 0.615. The zero-order valence-electron chi connectivity index (χ0n) is 10.7. The van der Waals surface area contributed by atoms with Crippen LogP contribution in [0, 0.1) is 5.92 Å². The number of unbranched alkanes of at least 4 members (excludes halogenated alkanes) is 1. The van der Waals surface area contributed by atoms with E-state index in [0.29, 0.717) is 31.4 Å². The Labute approximate surface area is 102 Å². The summed E-state index contributed by atoms with van der Waals surface area (Å²) in [6.45, 7) is 6.06. The molecule has 0 aliphatic heterocycles. The first kappa shape index (κ1) is 13.8. The van der Waals surface area contributed by atoms with Crippen LogP contribution in [0.1, 0.15) is 26.7 Å². The summed E-state index contributed by atoms with van der Waals surface area (Å²) < 4.78 is 7.17. The Morgan fingerprint density at radius 1 is 1.41 bits per heavy atom. The van der Waals surface area contributed by atoms with E-state index < -0.39 is 0 Å². The van der Waals surface area contributed by atoms with E-state index in [1.807, 2.05) is 6.07 Å². The number of aromatic nitrogens is 1. The zero-order chi connectivity index (χ0) is 12.7. The maximum atomic E-state index is 12.0. The number of pyridine rings is 1. The second-order valence-electron chi connectivity index (χ2n) is 4.57. The molecule has 4 heteroatoms. The van der Waals surface area contributed by atoms with Crippen LogP contribution in [0.3, 0.4) is 0 Å². The fourth-order valence-corrected chi connectivity index (χ4v) is 1.48. The van der Waals surface area contributed by atoms with Gasteiger partial charge in [-0.3, -0.25) is 4.79 Å². The van der Waals surface area contributed by atoms with Crippen LogP contribution in [0.25, 0.3) is 0 Å². The largest absolute Gasteiger partial charge is 0.488 e.